The van der Waals surface area contributed by atoms with Gasteiger partial charge in [0.25, 0.3) is 5.91 Å². The second kappa shape index (κ2) is 7.96. The third-order valence-electron chi connectivity index (χ3n) is 3.45. The second-order valence-electron chi connectivity index (χ2n) is 5.19. The summed E-state index contributed by atoms with van der Waals surface area (Å²) >= 11 is 12.2. The van der Waals surface area contributed by atoms with Crippen LogP contribution in [-0.4, -0.2) is 15.9 Å². The van der Waals surface area contributed by atoms with Crippen LogP contribution >= 0.6 is 23.2 Å². The third-order valence-corrected chi connectivity index (χ3v) is 4.08. The van der Waals surface area contributed by atoms with E-state index >= 15 is 0 Å². The maximum Gasteiger partial charge on any atom is 0.255 e. The third kappa shape index (κ3) is 4.47. The minimum Gasteiger partial charge on any atom is -0.366 e. The molecule has 0 aliphatic rings. The van der Waals surface area contributed by atoms with Gasteiger partial charge in [-0.3, -0.25) is 9.78 Å². The molecule has 0 atom stereocenters. The predicted molar refractivity (Wildman–Crippen MR) is 100 cm³/mol. The van der Waals surface area contributed by atoms with E-state index in [1.165, 1.54) is 0 Å². The molecule has 25 heavy (non-hydrogen) atoms. The van der Waals surface area contributed by atoms with Crippen molar-refractivity contribution in [2.75, 3.05) is 10.6 Å². The lowest BCUT2D eigenvalue weighted by molar-refractivity contribution is 0.102. The number of nitrogens with zero attached hydrogens (tertiary/aromatic N) is 2. The summed E-state index contributed by atoms with van der Waals surface area (Å²) in [5.74, 6) is 0.277. The maximum absolute atomic E-state index is 12.5. The molecule has 0 aliphatic carbocycles. The Morgan fingerprint density at radius 1 is 1.00 bits per heavy atom. The van der Waals surface area contributed by atoms with Gasteiger partial charge < -0.3 is 10.6 Å². The van der Waals surface area contributed by atoms with Gasteiger partial charge >= 0.3 is 0 Å². The molecule has 3 aromatic rings. The number of carbonyl (C=O) groups excluding carboxylic acids is 1. The molecule has 0 spiro atoms. The number of nitrogens with one attached hydrogen (secondary N) is 2. The monoisotopic (exact) mass is 372 g/mol. The van der Waals surface area contributed by atoms with Gasteiger partial charge in [0.1, 0.15) is 5.82 Å². The van der Waals surface area contributed by atoms with Crippen LogP contribution in [-0.2, 0) is 6.54 Å². The summed E-state index contributed by atoms with van der Waals surface area (Å²) in [7, 11) is 0. The molecule has 126 valence electrons. The van der Waals surface area contributed by atoms with Gasteiger partial charge in [0.05, 0.1) is 15.7 Å². The van der Waals surface area contributed by atoms with E-state index in [-0.39, 0.29) is 5.91 Å². The Balaban J connectivity index is 1.71. The number of hydrogen-bond acceptors (Lipinski definition) is 4. The van der Waals surface area contributed by atoms with Gasteiger partial charge in [-0.15, -0.1) is 0 Å². The first-order valence-electron chi connectivity index (χ1n) is 7.47. The highest BCUT2D eigenvalue weighted by Crippen LogP contribution is 2.30. The molecule has 0 aliphatic heterocycles. The summed E-state index contributed by atoms with van der Waals surface area (Å²) < 4.78 is 0. The number of benzene rings is 1. The van der Waals surface area contributed by atoms with Crippen molar-refractivity contribution in [2.24, 2.45) is 0 Å². The van der Waals surface area contributed by atoms with Crippen LogP contribution in [0.2, 0.25) is 10.0 Å². The fourth-order valence-corrected chi connectivity index (χ4v) is 2.66. The van der Waals surface area contributed by atoms with Crippen LogP contribution in [0.15, 0.2) is 61.1 Å². The highest BCUT2D eigenvalue weighted by molar-refractivity contribution is 6.40. The van der Waals surface area contributed by atoms with E-state index in [2.05, 4.69) is 20.6 Å². The minimum atomic E-state index is -0.315. The molecule has 0 unspecified atom stereocenters. The lowest BCUT2D eigenvalue weighted by atomic mass is 10.2. The van der Waals surface area contributed by atoms with Gasteiger partial charge in [-0.1, -0.05) is 29.3 Å². The van der Waals surface area contributed by atoms with Crippen molar-refractivity contribution in [2.45, 2.75) is 6.54 Å². The smallest absolute Gasteiger partial charge is 0.255 e. The van der Waals surface area contributed by atoms with Crippen molar-refractivity contribution in [3.63, 3.8) is 0 Å². The Morgan fingerprint density at radius 3 is 2.44 bits per heavy atom. The summed E-state index contributed by atoms with van der Waals surface area (Å²) in [6, 6.07) is 12.1. The van der Waals surface area contributed by atoms with Gasteiger partial charge in [0.2, 0.25) is 0 Å². The number of aromatic nitrogens is 2. The predicted octanol–water partition coefficient (Wildman–Crippen LogP) is 4.65. The second-order valence-corrected chi connectivity index (χ2v) is 6.00. The molecule has 1 amide bonds. The van der Waals surface area contributed by atoms with Crippen molar-refractivity contribution in [3.8, 4) is 0 Å². The van der Waals surface area contributed by atoms with Gasteiger partial charge in [-0.2, -0.15) is 0 Å². The van der Waals surface area contributed by atoms with Crippen molar-refractivity contribution >= 4 is 40.6 Å². The highest BCUT2D eigenvalue weighted by atomic mass is 35.5. The summed E-state index contributed by atoms with van der Waals surface area (Å²) in [4.78, 5) is 20.6. The van der Waals surface area contributed by atoms with Crippen LogP contribution in [0, 0.1) is 0 Å². The van der Waals surface area contributed by atoms with E-state index in [0.717, 1.165) is 5.56 Å². The topological polar surface area (TPSA) is 66.9 Å². The lowest BCUT2D eigenvalue weighted by Gasteiger charge is -2.10. The molecule has 1 aromatic carbocycles. The highest BCUT2D eigenvalue weighted by Gasteiger charge is 2.12. The molecule has 0 bridgehead atoms. The van der Waals surface area contributed by atoms with Gasteiger partial charge in [0, 0.05) is 30.7 Å². The fraction of sp³-hybridized carbons (Fsp3) is 0.0556. The molecule has 2 N–H and O–H groups in total. The molecule has 0 radical (unpaired) electrons. The zero-order chi connectivity index (χ0) is 17.6. The molecule has 0 saturated carbocycles. The number of halogens is 2. The summed E-state index contributed by atoms with van der Waals surface area (Å²) in [6.45, 7) is 0.580. The van der Waals surface area contributed by atoms with E-state index in [9.17, 15) is 4.79 Å². The SMILES string of the molecule is O=C(Nc1c(Cl)cccc1Cl)c1ccnc(NCc2ccncc2)c1. The van der Waals surface area contributed by atoms with Crippen molar-refractivity contribution in [1.29, 1.82) is 0 Å². The van der Waals surface area contributed by atoms with E-state index in [1.807, 2.05) is 12.1 Å². The van der Waals surface area contributed by atoms with E-state index < -0.39 is 0 Å². The zero-order valence-electron chi connectivity index (χ0n) is 13.0. The number of anilines is 2. The summed E-state index contributed by atoms with van der Waals surface area (Å²) in [6.07, 6.45) is 5.02. The lowest BCUT2D eigenvalue weighted by Crippen LogP contribution is -2.13. The average molecular weight is 373 g/mol. The van der Waals surface area contributed by atoms with E-state index in [1.54, 1.807) is 48.9 Å². The largest absolute Gasteiger partial charge is 0.366 e. The average Bonchev–Trinajstić information content (AvgIpc) is 2.64. The molecular formula is C18H14Cl2N4O. The quantitative estimate of drug-likeness (QED) is 0.683. The summed E-state index contributed by atoms with van der Waals surface area (Å²) in [5.41, 5.74) is 1.90. The standard InChI is InChI=1S/C18H14Cl2N4O/c19-14-2-1-3-15(20)17(14)24-18(25)13-6-9-22-16(10-13)23-11-12-4-7-21-8-5-12/h1-10H,11H2,(H,22,23)(H,24,25). The van der Waals surface area contributed by atoms with Crippen molar-refractivity contribution in [1.82, 2.24) is 9.97 Å². The van der Waals surface area contributed by atoms with E-state index in [4.69, 9.17) is 23.2 Å². The first-order valence-corrected chi connectivity index (χ1v) is 8.23. The first-order chi connectivity index (χ1) is 12.1. The molecule has 7 heteroatoms. The van der Waals surface area contributed by atoms with Gasteiger partial charge in [-0.25, -0.2) is 4.98 Å². The van der Waals surface area contributed by atoms with E-state index in [0.29, 0.717) is 33.7 Å². The fourth-order valence-electron chi connectivity index (χ4n) is 2.16. The number of rotatable bonds is 5. The minimum absolute atomic E-state index is 0.315. The number of carbonyl (C=O) groups is 1. The normalized spacial score (nSPS) is 10.3. The molecule has 3 rings (SSSR count). The molecule has 0 saturated heterocycles. The van der Waals surface area contributed by atoms with Crippen LogP contribution in [0.1, 0.15) is 15.9 Å². The van der Waals surface area contributed by atoms with Crippen LogP contribution in [0.25, 0.3) is 0 Å². The number of hydrogen-bond donors (Lipinski definition) is 2. The molecule has 2 aromatic heterocycles. The molecule has 2 heterocycles. The summed E-state index contributed by atoms with van der Waals surface area (Å²) in [5, 5.41) is 6.66. The molecular weight excluding hydrogens is 359 g/mol. The van der Waals surface area contributed by atoms with Crippen LogP contribution in [0.3, 0.4) is 0 Å². The van der Waals surface area contributed by atoms with Crippen LogP contribution < -0.4 is 10.6 Å². The van der Waals surface area contributed by atoms with Gasteiger partial charge in [-0.05, 0) is 42.0 Å². The van der Waals surface area contributed by atoms with Crippen molar-refractivity contribution < 1.29 is 4.79 Å². The Bertz CT molecular complexity index is 867. The van der Waals surface area contributed by atoms with Crippen molar-refractivity contribution in [3.05, 3.63) is 82.2 Å². The Kier molecular flexibility index (Phi) is 5.48. The maximum atomic E-state index is 12.5. The number of pyridine rings is 2. The zero-order valence-corrected chi connectivity index (χ0v) is 14.6. The van der Waals surface area contributed by atoms with Crippen LogP contribution in [0.5, 0.6) is 0 Å². The Hall–Kier alpha value is -2.63. The number of para-hydroxylation sites is 1. The first kappa shape index (κ1) is 17.2. The Morgan fingerprint density at radius 2 is 1.72 bits per heavy atom. The number of amides is 1. The Labute approximate surface area is 155 Å². The molecule has 0 fully saturated rings. The van der Waals surface area contributed by atoms with Gasteiger partial charge in [0.15, 0.2) is 0 Å². The molecule has 5 nitrogen and oxygen atoms in total. The van der Waals surface area contributed by atoms with Crippen LogP contribution in [0.4, 0.5) is 11.5 Å².